The van der Waals surface area contributed by atoms with Crippen LogP contribution in [0, 0.1) is 11.3 Å². The molecule has 0 saturated heterocycles. The maximum atomic E-state index is 12.1. The summed E-state index contributed by atoms with van der Waals surface area (Å²) < 4.78 is 11.1. The Balaban J connectivity index is 1.49. The monoisotopic (exact) mass is 399 g/mol. The quantitative estimate of drug-likeness (QED) is 0.452. The molecule has 0 aromatic heterocycles. The van der Waals surface area contributed by atoms with E-state index in [4.69, 9.17) is 14.7 Å². The van der Waals surface area contributed by atoms with Crippen LogP contribution in [-0.4, -0.2) is 18.7 Å². The van der Waals surface area contributed by atoms with Crippen molar-refractivity contribution in [3.63, 3.8) is 0 Å². The largest absolute Gasteiger partial charge is 0.494 e. The molecule has 1 amide bonds. The highest BCUT2D eigenvalue weighted by Gasteiger charge is 2.04. The number of hydrogen-bond donors (Lipinski definition) is 1. The van der Waals surface area contributed by atoms with E-state index in [0.717, 1.165) is 22.6 Å². The van der Waals surface area contributed by atoms with E-state index in [1.807, 2.05) is 43.3 Å². The smallest absolute Gasteiger partial charge is 0.271 e. The summed E-state index contributed by atoms with van der Waals surface area (Å²) in [4.78, 5) is 12.1. The summed E-state index contributed by atoms with van der Waals surface area (Å²) in [6, 6.07) is 23.6. The van der Waals surface area contributed by atoms with Crippen molar-refractivity contribution in [2.45, 2.75) is 13.5 Å². The highest BCUT2D eigenvalue weighted by molar-refractivity contribution is 5.95. The van der Waals surface area contributed by atoms with Crippen molar-refractivity contribution in [3.05, 3.63) is 95.1 Å². The molecule has 0 fully saturated rings. The summed E-state index contributed by atoms with van der Waals surface area (Å²) in [5, 5.41) is 12.8. The lowest BCUT2D eigenvalue weighted by Crippen LogP contribution is -2.17. The van der Waals surface area contributed by atoms with E-state index in [1.54, 1.807) is 42.6 Å². The maximum absolute atomic E-state index is 12.1. The van der Waals surface area contributed by atoms with Crippen molar-refractivity contribution >= 4 is 12.1 Å². The number of ether oxygens (including phenoxy) is 2. The van der Waals surface area contributed by atoms with Gasteiger partial charge in [0.1, 0.15) is 18.1 Å². The molecular weight excluding hydrogens is 378 g/mol. The topological polar surface area (TPSA) is 83.7 Å². The Hall–Kier alpha value is -4.11. The third-order valence-electron chi connectivity index (χ3n) is 4.18. The number of nitrogens with zero attached hydrogens (tertiary/aromatic N) is 2. The molecule has 3 aromatic rings. The second-order valence-corrected chi connectivity index (χ2v) is 6.32. The summed E-state index contributed by atoms with van der Waals surface area (Å²) in [5.74, 6) is 1.14. The number of hydrazone groups is 1. The van der Waals surface area contributed by atoms with Gasteiger partial charge in [-0.15, -0.1) is 0 Å². The maximum Gasteiger partial charge on any atom is 0.271 e. The molecule has 0 saturated carbocycles. The lowest BCUT2D eigenvalue weighted by molar-refractivity contribution is 0.0955. The molecule has 0 spiro atoms. The van der Waals surface area contributed by atoms with Crippen LogP contribution in [0.1, 0.15) is 34.0 Å². The van der Waals surface area contributed by atoms with Gasteiger partial charge in [-0.2, -0.15) is 10.4 Å². The van der Waals surface area contributed by atoms with Crippen LogP contribution in [0.25, 0.3) is 0 Å². The van der Waals surface area contributed by atoms with Crippen molar-refractivity contribution in [3.8, 4) is 17.6 Å². The van der Waals surface area contributed by atoms with Gasteiger partial charge >= 0.3 is 0 Å². The molecule has 0 radical (unpaired) electrons. The van der Waals surface area contributed by atoms with Crippen molar-refractivity contribution in [1.29, 1.82) is 5.26 Å². The molecule has 3 aromatic carbocycles. The van der Waals surface area contributed by atoms with E-state index in [9.17, 15) is 4.79 Å². The molecule has 0 unspecified atom stereocenters. The first-order valence-corrected chi connectivity index (χ1v) is 9.46. The van der Waals surface area contributed by atoms with Gasteiger partial charge in [0.15, 0.2) is 0 Å². The molecule has 0 aliphatic heterocycles. The molecule has 3 rings (SSSR count). The lowest BCUT2D eigenvalue weighted by Gasteiger charge is -2.06. The standard InChI is InChI=1S/C24H21N3O3/c1-2-29-22-13-9-21(10-14-22)24(28)27-26-16-19-7-11-23(12-8-19)30-17-20-5-3-18(15-25)4-6-20/h3-14,16H,2,17H2,1H3,(H,27,28)/b26-16+. The van der Waals surface area contributed by atoms with Crippen LogP contribution < -0.4 is 14.9 Å². The molecule has 0 aliphatic rings. The van der Waals surface area contributed by atoms with Crippen molar-refractivity contribution < 1.29 is 14.3 Å². The zero-order chi connectivity index (χ0) is 21.2. The van der Waals surface area contributed by atoms with E-state index >= 15 is 0 Å². The third kappa shape index (κ3) is 5.94. The average molecular weight is 399 g/mol. The normalized spacial score (nSPS) is 10.4. The Morgan fingerprint density at radius 3 is 2.23 bits per heavy atom. The fraction of sp³-hybridized carbons (Fsp3) is 0.125. The van der Waals surface area contributed by atoms with Gasteiger partial charge in [0, 0.05) is 5.56 Å². The van der Waals surface area contributed by atoms with E-state index < -0.39 is 0 Å². The van der Waals surface area contributed by atoms with Crippen molar-refractivity contribution in [1.82, 2.24) is 5.43 Å². The zero-order valence-corrected chi connectivity index (χ0v) is 16.5. The summed E-state index contributed by atoms with van der Waals surface area (Å²) in [7, 11) is 0. The minimum absolute atomic E-state index is 0.295. The molecule has 6 heteroatoms. The number of amides is 1. The zero-order valence-electron chi connectivity index (χ0n) is 16.5. The molecule has 6 nitrogen and oxygen atoms in total. The first-order valence-electron chi connectivity index (χ1n) is 9.46. The Labute approximate surface area is 175 Å². The fourth-order valence-corrected chi connectivity index (χ4v) is 2.59. The van der Waals surface area contributed by atoms with Crippen LogP contribution in [0.5, 0.6) is 11.5 Å². The number of rotatable bonds is 8. The average Bonchev–Trinajstić information content (AvgIpc) is 2.79. The van der Waals surface area contributed by atoms with Gasteiger partial charge in [-0.3, -0.25) is 4.79 Å². The van der Waals surface area contributed by atoms with Crippen LogP contribution in [0.15, 0.2) is 77.9 Å². The van der Waals surface area contributed by atoms with Gasteiger partial charge in [0.25, 0.3) is 5.91 Å². The predicted octanol–water partition coefficient (Wildman–Crippen LogP) is 4.30. The number of benzene rings is 3. The van der Waals surface area contributed by atoms with Crippen molar-refractivity contribution in [2.24, 2.45) is 5.10 Å². The fourth-order valence-electron chi connectivity index (χ4n) is 2.59. The number of nitriles is 1. The third-order valence-corrected chi connectivity index (χ3v) is 4.18. The Kier molecular flexibility index (Phi) is 7.17. The molecule has 150 valence electrons. The van der Waals surface area contributed by atoms with Gasteiger partial charge < -0.3 is 9.47 Å². The minimum atomic E-state index is -0.295. The highest BCUT2D eigenvalue weighted by Crippen LogP contribution is 2.14. The summed E-state index contributed by atoms with van der Waals surface area (Å²) in [6.45, 7) is 2.90. The van der Waals surface area contributed by atoms with Gasteiger partial charge in [-0.05, 0) is 78.7 Å². The first-order chi connectivity index (χ1) is 14.7. The first kappa shape index (κ1) is 20.6. The van der Waals surface area contributed by atoms with E-state index in [0.29, 0.717) is 24.3 Å². The second kappa shape index (κ2) is 10.4. The highest BCUT2D eigenvalue weighted by atomic mass is 16.5. The summed E-state index contributed by atoms with van der Waals surface area (Å²) >= 11 is 0. The molecular formula is C24H21N3O3. The predicted molar refractivity (Wildman–Crippen MR) is 115 cm³/mol. The molecule has 0 atom stereocenters. The van der Waals surface area contributed by atoms with Gasteiger partial charge in [-0.25, -0.2) is 5.43 Å². The van der Waals surface area contributed by atoms with E-state index in [-0.39, 0.29) is 5.91 Å². The van der Waals surface area contributed by atoms with Crippen LogP contribution in [-0.2, 0) is 6.61 Å². The van der Waals surface area contributed by atoms with Crippen LogP contribution in [0.2, 0.25) is 0 Å². The van der Waals surface area contributed by atoms with Gasteiger partial charge in [-0.1, -0.05) is 12.1 Å². The number of hydrogen-bond acceptors (Lipinski definition) is 5. The van der Waals surface area contributed by atoms with E-state index in [2.05, 4.69) is 16.6 Å². The minimum Gasteiger partial charge on any atom is -0.494 e. The van der Waals surface area contributed by atoms with Crippen molar-refractivity contribution in [2.75, 3.05) is 6.61 Å². The Bertz CT molecular complexity index is 1040. The van der Waals surface area contributed by atoms with Crippen LogP contribution in [0.3, 0.4) is 0 Å². The molecule has 0 heterocycles. The number of carbonyl (C=O) groups excluding carboxylic acids is 1. The summed E-state index contributed by atoms with van der Waals surface area (Å²) in [5.41, 5.74) is 5.44. The lowest BCUT2D eigenvalue weighted by atomic mass is 10.1. The van der Waals surface area contributed by atoms with Crippen LogP contribution in [0.4, 0.5) is 0 Å². The Morgan fingerprint density at radius 2 is 1.60 bits per heavy atom. The molecule has 0 aliphatic carbocycles. The SMILES string of the molecule is CCOc1ccc(C(=O)N/N=C/c2ccc(OCc3ccc(C#N)cc3)cc2)cc1. The molecule has 30 heavy (non-hydrogen) atoms. The van der Waals surface area contributed by atoms with Gasteiger partial charge in [0.05, 0.1) is 24.5 Å². The Morgan fingerprint density at radius 1 is 0.967 bits per heavy atom. The summed E-state index contributed by atoms with van der Waals surface area (Å²) in [6.07, 6.45) is 1.57. The molecule has 1 N–H and O–H groups in total. The van der Waals surface area contributed by atoms with Gasteiger partial charge in [0.2, 0.25) is 0 Å². The second-order valence-electron chi connectivity index (χ2n) is 6.32. The molecule has 0 bridgehead atoms. The van der Waals surface area contributed by atoms with Crippen LogP contribution >= 0.6 is 0 Å². The van der Waals surface area contributed by atoms with E-state index in [1.165, 1.54) is 0 Å². The number of nitrogens with one attached hydrogen (secondary N) is 1. The number of carbonyl (C=O) groups is 1.